The number of rotatable bonds is 3. The van der Waals surface area contributed by atoms with Crippen molar-refractivity contribution in [3.05, 3.63) is 40.8 Å². The molecule has 1 N–H and O–H groups in total. The van der Waals surface area contributed by atoms with Crippen molar-refractivity contribution in [1.29, 1.82) is 0 Å². The molecule has 1 aliphatic rings. The van der Waals surface area contributed by atoms with E-state index in [-0.39, 0.29) is 17.9 Å². The van der Waals surface area contributed by atoms with E-state index in [4.69, 9.17) is 5.53 Å². The average Bonchev–Trinajstić information content (AvgIpc) is 2.75. The number of azide groups is 1. The first-order chi connectivity index (χ1) is 9.38. The maximum absolute atomic E-state index is 13.1. The lowest BCUT2D eigenvalue weighted by Crippen LogP contribution is -2.55. The molecule has 106 valence electrons. The van der Waals surface area contributed by atoms with E-state index in [1.165, 1.54) is 24.3 Å². The van der Waals surface area contributed by atoms with E-state index >= 15 is 0 Å². The monoisotopic (exact) mass is 285 g/mol. The van der Waals surface area contributed by atoms with Crippen LogP contribution in [0.25, 0.3) is 10.4 Å². The number of nitrogens with zero attached hydrogens (tertiary/aromatic N) is 5. The highest BCUT2D eigenvalue weighted by atomic mass is 19.4. The molecule has 0 spiro atoms. The summed E-state index contributed by atoms with van der Waals surface area (Å²) in [6.07, 6.45) is -5.66. The van der Waals surface area contributed by atoms with E-state index in [0.717, 1.165) is 0 Å². The number of hydrogen-bond donors (Lipinski definition) is 1. The summed E-state index contributed by atoms with van der Waals surface area (Å²) in [5.41, 5.74) is 5.14. The highest BCUT2D eigenvalue weighted by molar-refractivity contribution is 5.91. The highest BCUT2D eigenvalue weighted by Gasteiger charge is 2.61. The molecule has 0 bridgehead atoms. The van der Waals surface area contributed by atoms with Gasteiger partial charge in [-0.25, -0.2) is 5.01 Å². The summed E-state index contributed by atoms with van der Waals surface area (Å²) in [6, 6.07) is 7.50. The Morgan fingerprint density at radius 1 is 1.40 bits per heavy atom. The van der Waals surface area contributed by atoms with Gasteiger partial charge in [-0.1, -0.05) is 23.3 Å². The predicted molar refractivity (Wildman–Crippen MR) is 66.0 cm³/mol. The van der Waals surface area contributed by atoms with Crippen LogP contribution in [0.3, 0.4) is 0 Å². The molecule has 0 unspecified atom stereocenters. The van der Waals surface area contributed by atoms with Crippen molar-refractivity contribution in [2.24, 2.45) is 10.2 Å². The van der Waals surface area contributed by atoms with Gasteiger partial charge in [0.1, 0.15) is 0 Å². The van der Waals surface area contributed by atoms with Crippen molar-refractivity contribution in [1.82, 2.24) is 0 Å². The SMILES string of the molecule is [N-]=[N+]=NCC1=NN(c2ccccc2)[C@@](O)(C(F)(F)F)C1. The van der Waals surface area contributed by atoms with Gasteiger partial charge in [-0.2, -0.15) is 18.3 Å². The molecule has 0 radical (unpaired) electrons. The molecule has 2 rings (SSSR count). The maximum Gasteiger partial charge on any atom is 0.438 e. The summed E-state index contributed by atoms with van der Waals surface area (Å²) in [5.74, 6) is 0. The van der Waals surface area contributed by atoms with Gasteiger partial charge in [0.25, 0.3) is 5.72 Å². The summed E-state index contributed by atoms with van der Waals surface area (Å²) >= 11 is 0. The van der Waals surface area contributed by atoms with Crippen LogP contribution in [-0.4, -0.2) is 29.3 Å². The number of hydrogen-bond acceptors (Lipinski definition) is 4. The lowest BCUT2D eigenvalue weighted by Gasteiger charge is -2.34. The zero-order chi connectivity index (χ0) is 14.8. The van der Waals surface area contributed by atoms with Crippen LogP contribution in [0.15, 0.2) is 40.5 Å². The fourth-order valence-electron chi connectivity index (χ4n) is 1.88. The van der Waals surface area contributed by atoms with Gasteiger partial charge >= 0.3 is 6.18 Å². The van der Waals surface area contributed by atoms with Gasteiger partial charge in [0, 0.05) is 17.0 Å². The van der Waals surface area contributed by atoms with Crippen LogP contribution in [0.1, 0.15) is 6.42 Å². The Hall–Kier alpha value is -2.25. The molecule has 9 heteroatoms. The van der Waals surface area contributed by atoms with E-state index in [0.29, 0.717) is 5.01 Å². The Morgan fingerprint density at radius 3 is 2.60 bits per heavy atom. The number of aliphatic hydroxyl groups is 1. The second kappa shape index (κ2) is 5.03. The molecule has 1 aromatic rings. The molecular weight excluding hydrogens is 275 g/mol. The first-order valence-electron chi connectivity index (χ1n) is 5.60. The second-order valence-corrected chi connectivity index (χ2v) is 4.19. The molecule has 1 aromatic carbocycles. The Labute approximate surface area is 111 Å². The molecule has 1 aliphatic heterocycles. The number of anilines is 1. The number of hydrazone groups is 1. The van der Waals surface area contributed by atoms with E-state index < -0.39 is 18.3 Å². The first-order valence-corrected chi connectivity index (χ1v) is 5.60. The van der Waals surface area contributed by atoms with Crippen molar-refractivity contribution >= 4 is 11.4 Å². The maximum atomic E-state index is 13.1. The van der Waals surface area contributed by atoms with Gasteiger partial charge in [-0.05, 0) is 17.7 Å². The summed E-state index contributed by atoms with van der Waals surface area (Å²) in [5, 5.41) is 17.4. The van der Waals surface area contributed by atoms with Gasteiger partial charge in [-0.15, -0.1) is 0 Å². The molecule has 1 heterocycles. The van der Waals surface area contributed by atoms with Crippen LogP contribution in [0.5, 0.6) is 0 Å². The van der Waals surface area contributed by atoms with Crippen molar-refractivity contribution in [3.63, 3.8) is 0 Å². The highest BCUT2D eigenvalue weighted by Crippen LogP contribution is 2.42. The van der Waals surface area contributed by atoms with Gasteiger partial charge in [-0.3, -0.25) is 0 Å². The summed E-state index contributed by atoms with van der Waals surface area (Å²) in [4.78, 5) is 2.47. The molecule has 0 aliphatic carbocycles. The molecule has 6 nitrogen and oxygen atoms in total. The Morgan fingerprint density at radius 2 is 2.05 bits per heavy atom. The van der Waals surface area contributed by atoms with E-state index in [2.05, 4.69) is 15.1 Å². The van der Waals surface area contributed by atoms with Crippen molar-refractivity contribution in [2.45, 2.75) is 18.3 Å². The normalized spacial score (nSPS) is 22.4. The van der Waals surface area contributed by atoms with Crippen LogP contribution in [-0.2, 0) is 0 Å². The lowest BCUT2D eigenvalue weighted by molar-refractivity contribution is -0.254. The van der Waals surface area contributed by atoms with Gasteiger partial charge in [0.15, 0.2) is 0 Å². The van der Waals surface area contributed by atoms with E-state index in [1.54, 1.807) is 6.07 Å². The summed E-state index contributed by atoms with van der Waals surface area (Å²) < 4.78 is 39.3. The second-order valence-electron chi connectivity index (χ2n) is 4.19. The van der Waals surface area contributed by atoms with E-state index in [1.807, 2.05) is 0 Å². The largest absolute Gasteiger partial charge is 0.438 e. The van der Waals surface area contributed by atoms with Crippen LogP contribution in [0.4, 0.5) is 18.9 Å². The van der Waals surface area contributed by atoms with Gasteiger partial charge in [0.2, 0.25) is 0 Å². The van der Waals surface area contributed by atoms with Gasteiger partial charge in [0.05, 0.1) is 12.2 Å². The Balaban J connectivity index is 2.41. The van der Waals surface area contributed by atoms with Crippen LogP contribution < -0.4 is 5.01 Å². The van der Waals surface area contributed by atoms with Crippen molar-refractivity contribution in [3.8, 4) is 0 Å². The predicted octanol–water partition coefficient (Wildman–Crippen LogP) is 2.81. The third kappa shape index (κ3) is 2.40. The van der Waals surface area contributed by atoms with Gasteiger partial charge < -0.3 is 5.11 Å². The zero-order valence-corrected chi connectivity index (χ0v) is 10.1. The van der Waals surface area contributed by atoms with Crippen molar-refractivity contribution in [2.75, 3.05) is 11.6 Å². The lowest BCUT2D eigenvalue weighted by atomic mass is 10.1. The number of para-hydroxylation sites is 1. The standard InChI is InChI=1S/C11H10F3N5O/c12-11(13,14)10(20)6-8(7-16-18-15)17-19(10)9-4-2-1-3-5-9/h1-5,20H,6-7H2/t10-/m0/s1. The number of halogens is 3. The molecule has 20 heavy (non-hydrogen) atoms. The van der Waals surface area contributed by atoms with Crippen molar-refractivity contribution < 1.29 is 18.3 Å². The summed E-state index contributed by atoms with van der Waals surface area (Å²) in [6.45, 7) is -0.321. The average molecular weight is 285 g/mol. The molecule has 1 atom stereocenters. The zero-order valence-electron chi connectivity index (χ0n) is 10.1. The quantitative estimate of drug-likeness (QED) is 0.526. The first kappa shape index (κ1) is 14.2. The Kier molecular flexibility index (Phi) is 3.56. The molecule has 0 fully saturated rings. The van der Waals surface area contributed by atoms with Crippen LogP contribution in [0, 0.1) is 0 Å². The van der Waals surface area contributed by atoms with E-state index in [9.17, 15) is 18.3 Å². The van der Waals surface area contributed by atoms with Crippen LogP contribution >= 0.6 is 0 Å². The third-order valence-corrected chi connectivity index (χ3v) is 2.81. The molecule has 0 saturated carbocycles. The minimum atomic E-state index is -4.90. The molecule has 0 aromatic heterocycles. The fraction of sp³-hybridized carbons (Fsp3) is 0.364. The fourth-order valence-corrected chi connectivity index (χ4v) is 1.88. The number of alkyl halides is 3. The minimum Gasteiger partial charge on any atom is -0.362 e. The molecule has 0 saturated heterocycles. The smallest absolute Gasteiger partial charge is 0.362 e. The van der Waals surface area contributed by atoms with Crippen LogP contribution in [0.2, 0.25) is 0 Å². The minimum absolute atomic E-state index is 0.0357. The molecular formula is C11H10F3N5O. The number of benzene rings is 1. The third-order valence-electron chi connectivity index (χ3n) is 2.81. The Bertz CT molecular complexity index is 567. The topological polar surface area (TPSA) is 84.6 Å². The summed E-state index contributed by atoms with van der Waals surface area (Å²) in [7, 11) is 0. The molecule has 0 amide bonds.